The molecule has 0 bridgehead atoms. The molecule has 0 saturated heterocycles. The first kappa shape index (κ1) is 19.9. The van der Waals surface area contributed by atoms with Crippen LogP contribution in [0.5, 0.6) is 0 Å². The van der Waals surface area contributed by atoms with Crippen molar-refractivity contribution in [3.8, 4) is 22.4 Å². The highest BCUT2D eigenvalue weighted by Crippen LogP contribution is 2.23. The molecule has 2 aromatic heterocycles. The van der Waals surface area contributed by atoms with Gasteiger partial charge in [-0.1, -0.05) is 48.0 Å². The highest BCUT2D eigenvalue weighted by molar-refractivity contribution is 7.89. The molecule has 5 nitrogen and oxygen atoms in total. The third-order valence-electron chi connectivity index (χ3n) is 4.79. The lowest BCUT2D eigenvalue weighted by Crippen LogP contribution is -2.23. The lowest BCUT2D eigenvalue weighted by atomic mass is 10.0. The molecule has 0 aliphatic carbocycles. The average molecular weight is 416 g/mol. The van der Waals surface area contributed by atoms with Crippen LogP contribution < -0.4 is 4.72 Å². The van der Waals surface area contributed by atoms with Gasteiger partial charge in [-0.15, -0.1) is 0 Å². The number of benzene rings is 2. The average Bonchev–Trinajstić information content (AvgIpc) is 2.79. The Bertz CT molecular complexity index is 1260. The monoisotopic (exact) mass is 415 g/mol. The summed E-state index contributed by atoms with van der Waals surface area (Å²) in [5, 5.41) is 0. The maximum Gasteiger partial charge on any atom is 0.240 e. The van der Waals surface area contributed by atoms with Crippen molar-refractivity contribution in [3.63, 3.8) is 0 Å². The Labute approximate surface area is 176 Å². The van der Waals surface area contributed by atoms with Crippen molar-refractivity contribution in [1.29, 1.82) is 0 Å². The van der Waals surface area contributed by atoms with Gasteiger partial charge in [-0.05, 0) is 53.9 Å². The quantitative estimate of drug-likeness (QED) is 0.500. The molecular weight excluding hydrogens is 394 g/mol. The number of aromatic nitrogens is 2. The summed E-state index contributed by atoms with van der Waals surface area (Å²) in [5.41, 5.74) is 5.53. The summed E-state index contributed by atoms with van der Waals surface area (Å²) in [6.45, 7) is 2.17. The normalized spacial score (nSPS) is 11.4. The van der Waals surface area contributed by atoms with Crippen molar-refractivity contribution in [2.45, 2.75) is 18.4 Å². The molecule has 4 aromatic rings. The van der Waals surface area contributed by atoms with E-state index in [1.807, 2.05) is 55.5 Å². The molecule has 2 heterocycles. The SMILES string of the molecule is Cc1cccc(-c2ccc(S(=O)(=O)NCc3cccnc3-c3cccnc3)cc2)c1. The van der Waals surface area contributed by atoms with Crippen LogP contribution in [0, 0.1) is 6.92 Å². The van der Waals surface area contributed by atoms with Gasteiger partial charge in [0.1, 0.15) is 0 Å². The zero-order valence-electron chi connectivity index (χ0n) is 16.5. The summed E-state index contributed by atoms with van der Waals surface area (Å²) in [6.07, 6.45) is 5.09. The highest BCUT2D eigenvalue weighted by Gasteiger charge is 2.15. The minimum Gasteiger partial charge on any atom is -0.264 e. The smallest absolute Gasteiger partial charge is 0.240 e. The summed E-state index contributed by atoms with van der Waals surface area (Å²) >= 11 is 0. The molecule has 0 unspecified atom stereocenters. The fourth-order valence-corrected chi connectivity index (χ4v) is 4.26. The van der Waals surface area contributed by atoms with Crippen LogP contribution in [-0.4, -0.2) is 18.4 Å². The Morgan fingerprint density at radius 2 is 1.60 bits per heavy atom. The molecule has 0 aliphatic heterocycles. The molecule has 0 atom stereocenters. The standard InChI is InChI=1S/C24H21N3O2S/c1-18-5-2-6-20(15-18)19-9-11-23(12-10-19)30(28,29)27-17-22-8-4-14-26-24(22)21-7-3-13-25-16-21/h2-16,27H,17H2,1H3. The second kappa shape index (κ2) is 8.57. The van der Waals surface area contributed by atoms with Gasteiger partial charge in [0.2, 0.25) is 10.0 Å². The Hall–Kier alpha value is -3.35. The maximum atomic E-state index is 12.8. The Morgan fingerprint density at radius 3 is 2.33 bits per heavy atom. The van der Waals surface area contributed by atoms with Crippen LogP contribution in [0.25, 0.3) is 22.4 Å². The van der Waals surface area contributed by atoms with Crippen LogP contribution in [0.3, 0.4) is 0 Å². The second-order valence-electron chi connectivity index (χ2n) is 6.97. The molecule has 0 aliphatic rings. The van der Waals surface area contributed by atoms with Gasteiger partial charge in [0.25, 0.3) is 0 Å². The lowest BCUT2D eigenvalue weighted by molar-refractivity contribution is 0.581. The number of hydrogen-bond acceptors (Lipinski definition) is 4. The second-order valence-corrected chi connectivity index (χ2v) is 8.74. The molecule has 2 aromatic carbocycles. The molecule has 0 saturated carbocycles. The zero-order chi connectivity index (χ0) is 21.0. The summed E-state index contributed by atoms with van der Waals surface area (Å²) in [7, 11) is -3.66. The van der Waals surface area contributed by atoms with Gasteiger partial charge in [0.15, 0.2) is 0 Å². The first-order valence-corrected chi connectivity index (χ1v) is 11.0. The third kappa shape index (κ3) is 4.45. The number of hydrogen-bond donors (Lipinski definition) is 1. The Kier molecular flexibility index (Phi) is 5.70. The van der Waals surface area contributed by atoms with E-state index in [-0.39, 0.29) is 11.4 Å². The molecular formula is C24H21N3O2S. The van der Waals surface area contributed by atoms with Crippen molar-refractivity contribution in [2.24, 2.45) is 0 Å². The summed E-state index contributed by atoms with van der Waals surface area (Å²) in [4.78, 5) is 8.75. The van der Waals surface area contributed by atoms with Gasteiger partial charge < -0.3 is 0 Å². The number of rotatable bonds is 6. The minimum atomic E-state index is -3.66. The predicted molar refractivity (Wildman–Crippen MR) is 118 cm³/mol. The highest BCUT2D eigenvalue weighted by atomic mass is 32.2. The van der Waals surface area contributed by atoms with Crippen molar-refractivity contribution in [2.75, 3.05) is 0 Å². The van der Waals surface area contributed by atoms with Crippen LogP contribution in [0.2, 0.25) is 0 Å². The Balaban J connectivity index is 1.53. The van der Waals surface area contributed by atoms with E-state index in [0.29, 0.717) is 5.69 Å². The van der Waals surface area contributed by atoms with E-state index in [9.17, 15) is 8.42 Å². The van der Waals surface area contributed by atoms with Crippen molar-refractivity contribution >= 4 is 10.0 Å². The van der Waals surface area contributed by atoms with Gasteiger partial charge >= 0.3 is 0 Å². The van der Waals surface area contributed by atoms with Crippen molar-refractivity contribution in [1.82, 2.24) is 14.7 Å². The van der Waals surface area contributed by atoms with Crippen LogP contribution in [-0.2, 0) is 16.6 Å². The number of pyridine rings is 2. The fourth-order valence-electron chi connectivity index (χ4n) is 3.25. The molecule has 0 radical (unpaired) electrons. The van der Waals surface area contributed by atoms with Crippen LogP contribution in [0.15, 0.2) is 96.3 Å². The van der Waals surface area contributed by atoms with Gasteiger partial charge in [0, 0.05) is 30.7 Å². The van der Waals surface area contributed by atoms with Gasteiger partial charge in [-0.25, -0.2) is 13.1 Å². The zero-order valence-corrected chi connectivity index (χ0v) is 17.3. The summed E-state index contributed by atoms with van der Waals surface area (Å²) in [5.74, 6) is 0. The van der Waals surface area contributed by atoms with Crippen molar-refractivity contribution in [3.05, 3.63) is 103 Å². The van der Waals surface area contributed by atoms with E-state index < -0.39 is 10.0 Å². The van der Waals surface area contributed by atoms with Crippen LogP contribution >= 0.6 is 0 Å². The first-order valence-electron chi connectivity index (χ1n) is 9.54. The number of nitrogens with zero attached hydrogens (tertiary/aromatic N) is 2. The van der Waals surface area contributed by atoms with Crippen molar-refractivity contribution < 1.29 is 8.42 Å². The summed E-state index contributed by atoms with van der Waals surface area (Å²) < 4.78 is 28.3. The van der Waals surface area contributed by atoms with E-state index >= 15 is 0 Å². The molecule has 0 fully saturated rings. The molecule has 0 spiro atoms. The molecule has 6 heteroatoms. The van der Waals surface area contributed by atoms with E-state index in [1.54, 1.807) is 36.8 Å². The largest absolute Gasteiger partial charge is 0.264 e. The van der Waals surface area contributed by atoms with Gasteiger partial charge in [0.05, 0.1) is 10.6 Å². The summed E-state index contributed by atoms with van der Waals surface area (Å²) in [6, 6.07) is 22.4. The van der Waals surface area contributed by atoms with E-state index in [4.69, 9.17) is 0 Å². The minimum absolute atomic E-state index is 0.139. The van der Waals surface area contributed by atoms with E-state index in [1.165, 1.54) is 0 Å². The van der Waals surface area contributed by atoms with Gasteiger partial charge in [-0.3, -0.25) is 9.97 Å². The van der Waals surface area contributed by atoms with Crippen LogP contribution in [0.4, 0.5) is 0 Å². The number of nitrogens with one attached hydrogen (secondary N) is 1. The maximum absolute atomic E-state index is 12.8. The topological polar surface area (TPSA) is 72.0 Å². The Morgan fingerprint density at radius 1 is 0.833 bits per heavy atom. The predicted octanol–water partition coefficient (Wildman–Crippen LogP) is 4.60. The van der Waals surface area contributed by atoms with E-state index in [2.05, 4.69) is 20.8 Å². The number of aryl methyl sites for hydroxylation is 1. The third-order valence-corrected chi connectivity index (χ3v) is 6.21. The molecule has 1 N–H and O–H groups in total. The molecule has 30 heavy (non-hydrogen) atoms. The lowest BCUT2D eigenvalue weighted by Gasteiger charge is -2.11. The fraction of sp³-hybridized carbons (Fsp3) is 0.0833. The first-order chi connectivity index (χ1) is 14.5. The molecule has 4 rings (SSSR count). The van der Waals surface area contributed by atoms with Crippen LogP contribution in [0.1, 0.15) is 11.1 Å². The number of sulfonamides is 1. The molecule has 150 valence electrons. The van der Waals surface area contributed by atoms with Gasteiger partial charge in [-0.2, -0.15) is 0 Å². The molecule has 0 amide bonds. The van der Waals surface area contributed by atoms with E-state index in [0.717, 1.165) is 27.8 Å².